The van der Waals surface area contributed by atoms with Gasteiger partial charge in [-0.2, -0.15) is 0 Å². The molecular weight excluding hydrogens is 266 g/mol. The van der Waals surface area contributed by atoms with Crippen LogP contribution in [0.5, 0.6) is 0 Å². The lowest BCUT2D eigenvalue weighted by atomic mass is 9.86. The third-order valence-corrected chi connectivity index (χ3v) is 4.09. The highest BCUT2D eigenvalue weighted by Gasteiger charge is 2.25. The first-order valence-electron chi connectivity index (χ1n) is 7.45. The number of nitrogens with one attached hydrogen (secondary N) is 2. The Kier molecular flexibility index (Phi) is 4.83. The van der Waals surface area contributed by atoms with E-state index in [1.807, 2.05) is 13.0 Å². The molecule has 4 N–H and O–H groups in total. The highest BCUT2D eigenvalue weighted by Crippen LogP contribution is 2.24. The molecule has 0 spiro atoms. The van der Waals surface area contributed by atoms with Crippen LogP contribution >= 0.6 is 0 Å². The van der Waals surface area contributed by atoms with E-state index in [0.29, 0.717) is 17.3 Å². The number of hydrogen-bond donors (Lipinski definition) is 3. The van der Waals surface area contributed by atoms with Crippen molar-refractivity contribution in [1.82, 2.24) is 5.32 Å². The molecule has 1 aliphatic carbocycles. The van der Waals surface area contributed by atoms with Gasteiger partial charge in [0.2, 0.25) is 0 Å². The summed E-state index contributed by atoms with van der Waals surface area (Å²) in [5, 5.41) is 5.39. The molecule has 1 aliphatic rings. The largest absolute Gasteiger partial charge is 0.397 e. The van der Waals surface area contributed by atoms with Crippen molar-refractivity contribution in [3.8, 4) is 0 Å². The van der Waals surface area contributed by atoms with Crippen molar-refractivity contribution in [2.75, 3.05) is 11.1 Å². The molecule has 1 aromatic rings. The molecule has 2 amide bonds. The number of nitrogen functional groups attached to an aromatic ring is 1. The average molecular weight is 289 g/mol. The Morgan fingerprint density at radius 2 is 1.90 bits per heavy atom. The second-order valence-corrected chi connectivity index (χ2v) is 5.89. The summed E-state index contributed by atoms with van der Waals surface area (Å²) in [6.45, 7) is 4.03. The van der Waals surface area contributed by atoms with E-state index in [0.717, 1.165) is 24.8 Å². The lowest BCUT2D eigenvalue weighted by Crippen LogP contribution is -2.45. The summed E-state index contributed by atoms with van der Waals surface area (Å²) < 4.78 is 0. The molecule has 21 heavy (non-hydrogen) atoms. The third-order valence-electron chi connectivity index (χ3n) is 4.09. The molecule has 0 heterocycles. The van der Waals surface area contributed by atoms with E-state index < -0.39 is 11.8 Å². The van der Waals surface area contributed by atoms with Gasteiger partial charge in [0.15, 0.2) is 0 Å². The molecule has 1 saturated carbocycles. The number of anilines is 2. The minimum absolute atomic E-state index is 0.0902. The zero-order chi connectivity index (χ0) is 15.4. The Bertz CT molecular complexity index is 542. The molecule has 2 rings (SSSR count). The number of nitrogens with two attached hydrogens (primary N) is 1. The fourth-order valence-electron chi connectivity index (χ4n) is 2.74. The number of carbonyl (C=O) groups excluding carboxylic acids is 2. The molecule has 0 aromatic heterocycles. The standard InChI is InChI=1S/C16H23N3O2/c1-10-7-8-14(12(17)9-10)19-16(21)15(20)18-13-6-4-3-5-11(13)2/h7-9,11,13H,3-6,17H2,1-2H3,(H,18,20)(H,19,21). The first-order valence-corrected chi connectivity index (χ1v) is 7.45. The molecule has 0 bridgehead atoms. The lowest BCUT2D eigenvalue weighted by molar-refractivity contribution is -0.137. The van der Waals surface area contributed by atoms with Gasteiger partial charge in [0.05, 0.1) is 11.4 Å². The second kappa shape index (κ2) is 6.61. The molecule has 1 aromatic carbocycles. The van der Waals surface area contributed by atoms with Crippen LogP contribution in [0.2, 0.25) is 0 Å². The van der Waals surface area contributed by atoms with Crippen LogP contribution in [0.3, 0.4) is 0 Å². The number of carbonyl (C=O) groups is 2. The quantitative estimate of drug-likeness (QED) is 0.576. The van der Waals surface area contributed by atoms with Crippen LogP contribution < -0.4 is 16.4 Å². The summed E-state index contributed by atoms with van der Waals surface area (Å²) in [6.07, 6.45) is 4.33. The smallest absolute Gasteiger partial charge is 0.313 e. The summed E-state index contributed by atoms with van der Waals surface area (Å²) in [5.74, 6) is -0.836. The topological polar surface area (TPSA) is 84.2 Å². The van der Waals surface area contributed by atoms with Crippen molar-refractivity contribution in [3.63, 3.8) is 0 Å². The van der Waals surface area contributed by atoms with Gasteiger partial charge in [0, 0.05) is 6.04 Å². The predicted octanol–water partition coefficient (Wildman–Crippen LogP) is 2.21. The van der Waals surface area contributed by atoms with Crippen LogP contribution in [0.4, 0.5) is 11.4 Å². The number of benzene rings is 1. The molecule has 1 fully saturated rings. The number of rotatable bonds is 2. The van der Waals surface area contributed by atoms with Gasteiger partial charge in [0.1, 0.15) is 0 Å². The normalized spacial score (nSPS) is 21.6. The Morgan fingerprint density at radius 3 is 2.57 bits per heavy atom. The van der Waals surface area contributed by atoms with Crippen molar-refractivity contribution in [3.05, 3.63) is 23.8 Å². The monoisotopic (exact) mass is 289 g/mol. The zero-order valence-electron chi connectivity index (χ0n) is 12.6. The maximum absolute atomic E-state index is 12.0. The third kappa shape index (κ3) is 3.97. The van der Waals surface area contributed by atoms with Crippen LogP contribution in [0, 0.1) is 12.8 Å². The second-order valence-electron chi connectivity index (χ2n) is 5.89. The SMILES string of the molecule is Cc1ccc(NC(=O)C(=O)NC2CCCCC2C)c(N)c1. The molecule has 0 radical (unpaired) electrons. The van der Waals surface area contributed by atoms with Gasteiger partial charge in [-0.15, -0.1) is 0 Å². The van der Waals surface area contributed by atoms with Gasteiger partial charge in [-0.3, -0.25) is 9.59 Å². The van der Waals surface area contributed by atoms with Crippen LogP contribution in [-0.4, -0.2) is 17.9 Å². The van der Waals surface area contributed by atoms with Gasteiger partial charge in [-0.1, -0.05) is 25.8 Å². The van der Waals surface area contributed by atoms with Gasteiger partial charge in [-0.05, 0) is 43.4 Å². The fourth-order valence-corrected chi connectivity index (χ4v) is 2.74. The van der Waals surface area contributed by atoms with Gasteiger partial charge < -0.3 is 16.4 Å². The first-order chi connectivity index (χ1) is 9.97. The van der Waals surface area contributed by atoms with Gasteiger partial charge >= 0.3 is 11.8 Å². The predicted molar refractivity (Wildman–Crippen MR) is 83.8 cm³/mol. The van der Waals surface area contributed by atoms with Crippen LogP contribution in [-0.2, 0) is 9.59 Å². The molecule has 2 atom stereocenters. The molecule has 5 heteroatoms. The van der Waals surface area contributed by atoms with E-state index in [4.69, 9.17) is 5.73 Å². The van der Waals surface area contributed by atoms with E-state index in [-0.39, 0.29) is 6.04 Å². The van der Waals surface area contributed by atoms with E-state index in [2.05, 4.69) is 17.6 Å². The van der Waals surface area contributed by atoms with Crippen molar-refractivity contribution < 1.29 is 9.59 Å². The molecule has 5 nitrogen and oxygen atoms in total. The molecule has 0 saturated heterocycles. The summed E-state index contributed by atoms with van der Waals surface area (Å²) >= 11 is 0. The minimum Gasteiger partial charge on any atom is -0.397 e. The van der Waals surface area contributed by atoms with Crippen LogP contribution in [0.1, 0.15) is 38.2 Å². The van der Waals surface area contributed by atoms with Crippen molar-refractivity contribution >= 4 is 23.2 Å². The van der Waals surface area contributed by atoms with E-state index in [9.17, 15) is 9.59 Å². The van der Waals surface area contributed by atoms with Crippen molar-refractivity contribution in [2.24, 2.45) is 5.92 Å². The Hall–Kier alpha value is -2.04. The van der Waals surface area contributed by atoms with Crippen LogP contribution in [0.15, 0.2) is 18.2 Å². The lowest BCUT2D eigenvalue weighted by Gasteiger charge is -2.29. The maximum atomic E-state index is 12.0. The molecule has 0 aliphatic heterocycles. The highest BCUT2D eigenvalue weighted by molar-refractivity contribution is 6.40. The van der Waals surface area contributed by atoms with E-state index in [1.54, 1.807) is 12.1 Å². The van der Waals surface area contributed by atoms with E-state index in [1.165, 1.54) is 6.42 Å². The number of aryl methyl sites for hydroxylation is 1. The summed E-state index contributed by atoms with van der Waals surface area (Å²) in [5.41, 5.74) is 7.77. The summed E-state index contributed by atoms with van der Waals surface area (Å²) in [4.78, 5) is 23.9. The summed E-state index contributed by atoms with van der Waals surface area (Å²) in [6, 6.07) is 5.40. The Morgan fingerprint density at radius 1 is 1.19 bits per heavy atom. The van der Waals surface area contributed by atoms with Crippen molar-refractivity contribution in [1.29, 1.82) is 0 Å². The summed E-state index contributed by atoms with van der Waals surface area (Å²) in [7, 11) is 0. The molecule has 2 unspecified atom stereocenters. The number of amides is 2. The fraction of sp³-hybridized carbons (Fsp3) is 0.500. The number of hydrogen-bond acceptors (Lipinski definition) is 3. The minimum atomic E-state index is -0.664. The molecule has 114 valence electrons. The Labute approximate surface area is 125 Å². The van der Waals surface area contributed by atoms with Gasteiger partial charge in [0.25, 0.3) is 0 Å². The molecular formula is C16H23N3O2. The average Bonchev–Trinajstić information content (AvgIpc) is 2.44. The van der Waals surface area contributed by atoms with E-state index >= 15 is 0 Å². The zero-order valence-corrected chi connectivity index (χ0v) is 12.6. The van der Waals surface area contributed by atoms with Crippen molar-refractivity contribution in [2.45, 2.75) is 45.6 Å². The highest BCUT2D eigenvalue weighted by atomic mass is 16.2. The van der Waals surface area contributed by atoms with Gasteiger partial charge in [-0.25, -0.2) is 0 Å². The maximum Gasteiger partial charge on any atom is 0.313 e. The Balaban J connectivity index is 1.94. The first kappa shape index (κ1) is 15.4. The van der Waals surface area contributed by atoms with Crippen LogP contribution in [0.25, 0.3) is 0 Å².